The molecular formula is C28H30IN2O7S-. The van der Waals surface area contributed by atoms with Crippen molar-refractivity contribution in [3.8, 4) is 11.1 Å². The van der Waals surface area contributed by atoms with E-state index >= 15 is 0 Å². The summed E-state index contributed by atoms with van der Waals surface area (Å²) < 4.78 is 42.3. The minimum atomic E-state index is -4.27. The van der Waals surface area contributed by atoms with Gasteiger partial charge in [-0.1, -0.05) is 88.8 Å². The predicted molar refractivity (Wildman–Crippen MR) is 155 cm³/mol. The van der Waals surface area contributed by atoms with E-state index in [1.54, 1.807) is 12.1 Å². The summed E-state index contributed by atoms with van der Waals surface area (Å²) in [6, 6.07) is 22.2. The first-order valence-electron chi connectivity index (χ1n) is 12.2. The Morgan fingerprint density at radius 2 is 1.49 bits per heavy atom. The Morgan fingerprint density at radius 3 is 2.05 bits per heavy atom. The van der Waals surface area contributed by atoms with Crippen LogP contribution in [0, 0.1) is 6.92 Å². The number of benzene rings is 3. The first kappa shape index (κ1) is 30.5. The van der Waals surface area contributed by atoms with Crippen molar-refractivity contribution >= 4 is 44.8 Å². The van der Waals surface area contributed by atoms with Gasteiger partial charge < -0.3 is 24.7 Å². The number of nitrogens with one attached hydrogen (secondary N) is 2. The lowest BCUT2D eigenvalue weighted by Gasteiger charge is -2.14. The smallest absolute Gasteiger partial charge is 0.407 e. The summed E-state index contributed by atoms with van der Waals surface area (Å²) in [5, 5.41) is 5.62. The minimum absolute atomic E-state index is 0.0453. The van der Waals surface area contributed by atoms with Gasteiger partial charge in [0.2, 0.25) is 0 Å². The predicted octanol–water partition coefficient (Wildman–Crippen LogP) is 3.99. The third kappa shape index (κ3) is 9.31. The molecule has 0 aromatic heterocycles. The molecule has 0 spiro atoms. The maximum atomic E-state index is 12.0. The van der Waals surface area contributed by atoms with Gasteiger partial charge >= 0.3 is 12.1 Å². The molecule has 0 aliphatic heterocycles. The van der Waals surface area contributed by atoms with Gasteiger partial charge in [0.05, 0.1) is 11.4 Å². The zero-order valence-corrected chi connectivity index (χ0v) is 24.4. The number of alkyl halides is 1. The van der Waals surface area contributed by atoms with Crippen molar-refractivity contribution in [2.75, 3.05) is 37.3 Å². The third-order valence-electron chi connectivity index (χ3n) is 5.83. The lowest BCUT2D eigenvalue weighted by atomic mass is 9.98. The van der Waals surface area contributed by atoms with Crippen LogP contribution in [0.3, 0.4) is 0 Å². The highest BCUT2D eigenvalue weighted by atomic mass is 127. The zero-order chi connectivity index (χ0) is 28.3. The van der Waals surface area contributed by atoms with Crippen LogP contribution in [0.5, 0.6) is 0 Å². The van der Waals surface area contributed by atoms with Crippen LogP contribution in [0.4, 0.5) is 4.79 Å². The molecule has 208 valence electrons. The molecule has 11 heteroatoms. The first-order chi connectivity index (χ1) is 18.7. The van der Waals surface area contributed by atoms with Gasteiger partial charge in [0.1, 0.15) is 23.3 Å². The number of halogens is 1. The van der Waals surface area contributed by atoms with E-state index in [1.165, 1.54) is 34.4 Å². The van der Waals surface area contributed by atoms with Gasteiger partial charge in [0.15, 0.2) is 0 Å². The molecule has 1 amide bonds. The Labute approximate surface area is 242 Å². The van der Waals surface area contributed by atoms with Gasteiger partial charge in [-0.2, -0.15) is 0 Å². The molecule has 0 bridgehead atoms. The van der Waals surface area contributed by atoms with Crippen molar-refractivity contribution < 1.29 is 32.0 Å². The second kappa shape index (κ2) is 15.0. The molecule has 0 unspecified atom stereocenters. The van der Waals surface area contributed by atoms with Gasteiger partial charge in [-0.3, -0.25) is 4.79 Å². The van der Waals surface area contributed by atoms with Crippen molar-refractivity contribution in [1.29, 1.82) is 0 Å². The van der Waals surface area contributed by atoms with E-state index < -0.39 is 16.2 Å². The largest absolute Gasteiger partial charge is 0.744 e. The molecule has 0 saturated carbocycles. The van der Waals surface area contributed by atoms with Gasteiger partial charge in [-0.25, -0.2) is 13.2 Å². The summed E-state index contributed by atoms with van der Waals surface area (Å²) in [4.78, 5) is 23.2. The van der Waals surface area contributed by atoms with Crippen LogP contribution in [-0.4, -0.2) is 62.3 Å². The van der Waals surface area contributed by atoms with E-state index in [0.29, 0.717) is 19.7 Å². The maximum absolute atomic E-state index is 12.0. The number of hydrogen-bond donors (Lipinski definition) is 2. The topological polar surface area (TPSA) is 134 Å². The number of carbonyl (C=O) groups is 2. The quantitative estimate of drug-likeness (QED) is 0.109. The number of fused-ring (bicyclic) bond motifs is 3. The molecule has 1 aliphatic rings. The Kier molecular flexibility index (Phi) is 11.7. The number of ether oxygens (including phenoxy) is 2. The number of alkyl carbamates (subject to hydrolysis) is 1. The Balaban J connectivity index is 0.000000320. The fourth-order valence-corrected chi connectivity index (χ4v) is 4.69. The number of carbonyl (C=O) groups excluding carboxylic acids is 2. The van der Waals surface area contributed by atoms with Crippen molar-refractivity contribution in [2.24, 2.45) is 0 Å². The number of hydrogen-bond acceptors (Lipinski definition) is 8. The average molecular weight is 666 g/mol. The van der Waals surface area contributed by atoms with Crippen LogP contribution >= 0.6 is 22.6 Å². The Bertz CT molecular complexity index is 1320. The molecule has 9 nitrogen and oxygen atoms in total. The second-order valence-electron chi connectivity index (χ2n) is 8.61. The van der Waals surface area contributed by atoms with Gasteiger partial charge in [0.25, 0.3) is 0 Å². The average Bonchev–Trinajstić information content (AvgIpc) is 3.24. The standard InChI is InChI=1S/C21H23IN2O4.C7H8O3S/c22-9-12-27-20(25)13-23-10-11-24-21(26)28-14-19-17-7-3-1-5-15(17)16-6-2-4-8-18(16)19;1-6-2-4-7(5-3-6)11(8,9)10/h1-8,19,23H,9-14H2,(H,24,26);2-5H,1H3,(H,8,9,10)/p-1. The highest BCUT2D eigenvalue weighted by Gasteiger charge is 2.28. The minimum Gasteiger partial charge on any atom is -0.744 e. The van der Waals surface area contributed by atoms with E-state index in [9.17, 15) is 22.6 Å². The third-order valence-corrected chi connectivity index (χ3v) is 7.12. The zero-order valence-electron chi connectivity index (χ0n) is 21.4. The van der Waals surface area contributed by atoms with E-state index in [2.05, 4.69) is 57.5 Å². The molecule has 39 heavy (non-hydrogen) atoms. The highest BCUT2D eigenvalue weighted by Crippen LogP contribution is 2.44. The molecule has 1 aliphatic carbocycles. The van der Waals surface area contributed by atoms with Gasteiger partial charge in [-0.05, 0) is 41.3 Å². The molecule has 0 saturated heterocycles. The normalized spacial score (nSPS) is 12.0. The van der Waals surface area contributed by atoms with E-state index in [0.717, 1.165) is 9.99 Å². The molecule has 0 heterocycles. The summed E-state index contributed by atoms with van der Waals surface area (Å²) in [5.41, 5.74) is 5.69. The van der Waals surface area contributed by atoms with E-state index in [1.807, 2.05) is 31.2 Å². The van der Waals surface area contributed by atoms with E-state index in [-0.39, 0.29) is 29.9 Å². The molecule has 0 atom stereocenters. The van der Waals surface area contributed by atoms with Crippen LogP contribution in [-0.2, 0) is 24.4 Å². The molecule has 0 radical (unpaired) electrons. The van der Waals surface area contributed by atoms with Crippen molar-refractivity contribution in [2.45, 2.75) is 17.7 Å². The van der Waals surface area contributed by atoms with Crippen LogP contribution in [0.1, 0.15) is 22.6 Å². The molecule has 4 rings (SSSR count). The number of esters is 1. The maximum Gasteiger partial charge on any atom is 0.407 e. The lowest BCUT2D eigenvalue weighted by molar-refractivity contribution is -0.141. The number of amides is 1. The van der Waals surface area contributed by atoms with Crippen LogP contribution < -0.4 is 10.6 Å². The van der Waals surface area contributed by atoms with Gasteiger partial charge in [-0.15, -0.1) is 0 Å². The number of rotatable bonds is 10. The summed E-state index contributed by atoms with van der Waals surface area (Å²) >= 11 is 2.14. The molecule has 3 aromatic rings. The van der Waals surface area contributed by atoms with Crippen LogP contribution in [0.25, 0.3) is 11.1 Å². The second-order valence-corrected chi connectivity index (χ2v) is 11.1. The van der Waals surface area contributed by atoms with Crippen molar-refractivity contribution in [3.63, 3.8) is 0 Å². The monoisotopic (exact) mass is 665 g/mol. The summed E-state index contributed by atoms with van der Waals surface area (Å²) in [5.74, 6) is -0.248. The summed E-state index contributed by atoms with van der Waals surface area (Å²) in [6.45, 7) is 3.49. The first-order valence-corrected chi connectivity index (χ1v) is 15.2. The highest BCUT2D eigenvalue weighted by molar-refractivity contribution is 14.1. The van der Waals surface area contributed by atoms with Crippen LogP contribution in [0.2, 0.25) is 0 Å². The van der Waals surface area contributed by atoms with Gasteiger partial charge in [0, 0.05) is 23.4 Å². The molecule has 3 aromatic carbocycles. The fraction of sp³-hybridized carbons (Fsp3) is 0.286. The SMILES string of the molecule is Cc1ccc(S(=O)(=O)[O-])cc1.O=C(CNCCNC(=O)OCC1c2ccccc2-c2ccccc21)OCCI. The van der Waals surface area contributed by atoms with Crippen molar-refractivity contribution in [1.82, 2.24) is 10.6 Å². The van der Waals surface area contributed by atoms with E-state index in [4.69, 9.17) is 9.47 Å². The molecule has 0 fully saturated rings. The summed E-state index contributed by atoms with van der Waals surface area (Å²) in [7, 11) is -4.27. The molecular weight excluding hydrogens is 635 g/mol. The Morgan fingerprint density at radius 1 is 0.897 bits per heavy atom. The fourth-order valence-electron chi connectivity index (χ4n) is 4.00. The number of aryl methyl sites for hydroxylation is 1. The Hall–Kier alpha value is -3.00. The van der Waals surface area contributed by atoms with Crippen molar-refractivity contribution in [3.05, 3.63) is 89.5 Å². The lowest BCUT2D eigenvalue weighted by Crippen LogP contribution is -2.35. The summed E-state index contributed by atoms with van der Waals surface area (Å²) in [6.07, 6.45) is -0.462. The van der Waals surface area contributed by atoms with Crippen LogP contribution in [0.15, 0.2) is 77.7 Å². The molecule has 2 N–H and O–H groups in total.